The van der Waals surface area contributed by atoms with Crippen molar-refractivity contribution >= 4 is 10.0 Å². The summed E-state index contributed by atoms with van der Waals surface area (Å²) in [5.41, 5.74) is 7.50. The molecule has 19 heavy (non-hydrogen) atoms. The molecule has 2 N–H and O–H groups in total. The van der Waals surface area contributed by atoms with E-state index in [2.05, 4.69) is 0 Å². The second-order valence-corrected chi connectivity index (χ2v) is 6.34. The molecule has 5 nitrogen and oxygen atoms in total. The van der Waals surface area contributed by atoms with Gasteiger partial charge in [-0.2, -0.15) is 4.31 Å². The first-order chi connectivity index (χ1) is 9.11. The smallest absolute Gasteiger partial charge is 0.277 e. The van der Waals surface area contributed by atoms with Crippen LogP contribution in [0.5, 0.6) is 0 Å². The highest BCUT2D eigenvalue weighted by molar-refractivity contribution is 7.89. The zero-order valence-corrected chi connectivity index (χ0v) is 11.1. The van der Waals surface area contributed by atoms with Gasteiger partial charge in [0.15, 0.2) is 0 Å². The summed E-state index contributed by atoms with van der Waals surface area (Å²) in [6.45, 7) is 0.962. The Morgan fingerprint density at radius 1 is 1.11 bits per heavy atom. The minimum atomic E-state index is -3.58. The predicted octanol–water partition coefficient (Wildman–Crippen LogP) is 1.44. The molecule has 0 aliphatic carbocycles. The summed E-state index contributed by atoms with van der Waals surface area (Å²) in [4.78, 5) is 0. The summed E-state index contributed by atoms with van der Waals surface area (Å²) in [7, 11) is -3.58. The first-order valence-corrected chi connectivity index (χ1v) is 7.41. The van der Waals surface area contributed by atoms with Gasteiger partial charge < -0.3 is 10.2 Å². The Bertz CT molecular complexity index is 681. The molecule has 1 aliphatic heterocycles. The molecule has 2 heterocycles. The summed E-state index contributed by atoms with van der Waals surface area (Å²) in [6, 6.07) is 10.8. The summed E-state index contributed by atoms with van der Waals surface area (Å²) >= 11 is 0. The van der Waals surface area contributed by atoms with Crippen LogP contribution in [0, 0.1) is 0 Å². The monoisotopic (exact) mass is 278 g/mol. The normalized spacial score (nSPS) is 15.6. The van der Waals surface area contributed by atoms with Gasteiger partial charge in [-0.1, -0.05) is 24.3 Å². The Morgan fingerprint density at radius 2 is 1.74 bits per heavy atom. The second-order valence-electron chi connectivity index (χ2n) is 4.47. The summed E-state index contributed by atoms with van der Waals surface area (Å²) < 4.78 is 31.5. The minimum absolute atomic E-state index is 0.0410. The number of hydrogen-bond donors (Lipinski definition) is 1. The standard InChI is InChI=1S/C13H14N2O3S/c14-7-12-5-6-13(18-12)19(16,17)15-8-10-3-1-2-4-11(10)9-15/h1-6H,7-9,14H2. The zero-order valence-electron chi connectivity index (χ0n) is 10.2. The van der Waals surface area contributed by atoms with Crippen molar-refractivity contribution in [3.05, 3.63) is 53.3 Å². The van der Waals surface area contributed by atoms with Gasteiger partial charge >= 0.3 is 0 Å². The highest BCUT2D eigenvalue weighted by atomic mass is 32.2. The molecule has 0 unspecified atom stereocenters. The fraction of sp³-hybridized carbons (Fsp3) is 0.231. The third-order valence-corrected chi connectivity index (χ3v) is 4.91. The molecule has 3 rings (SSSR count). The van der Waals surface area contributed by atoms with E-state index in [4.69, 9.17) is 10.2 Å². The van der Waals surface area contributed by atoms with Gasteiger partial charge in [-0.05, 0) is 23.3 Å². The third kappa shape index (κ3) is 2.07. The van der Waals surface area contributed by atoms with E-state index in [1.54, 1.807) is 6.07 Å². The Labute approximate surface area is 111 Å². The molecule has 1 aromatic heterocycles. The van der Waals surface area contributed by atoms with Crippen LogP contribution in [0.15, 0.2) is 45.9 Å². The topological polar surface area (TPSA) is 76.5 Å². The lowest BCUT2D eigenvalue weighted by molar-refractivity contribution is 0.374. The number of fused-ring (bicyclic) bond motifs is 1. The first-order valence-electron chi connectivity index (χ1n) is 5.97. The highest BCUT2D eigenvalue weighted by Crippen LogP contribution is 2.29. The van der Waals surface area contributed by atoms with Gasteiger partial charge in [0.25, 0.3) is 10.0 Å². The quantitative estimate of drug-likeness (QED) is 0.921. The Balaban J connectivity index is 1.91. The minimum Gasteiger partial charge on any atom is -0.447 e. The van der Waals surface area contributed by atoms with Gasteiger partial charge in [-0.3, -0.25) is 0 Å². The number of benzene rings is 1. The molecule has 1 aromatic carbocycles. The average Bonchev–Trinajstić information content (AvgIpc) is 3.05. The van der Waals surface area contributed by atoms with Crippen LogP contribution in [-0.2, 0) is 29.7 Å². The second kappa shape index (κ2) is 4.48. The van der Waals surface area contributed by atoms with Crippen molar-refractivity contribution in [2.24, 2.45) is 5.73 Å². The Hall–Kier alpha value is -1.63. The molecule has 0 atom stereocenters. The van der Waals surface area contributed by atoms with Crippen LogP contribution < -0.4 is 5.73 Å². The fourth-order valence-corrected chi connectivity index (χ4v) is 3.53. The Kier molecular flexibility index (Phi) is 2.93. The average molecular weight is 278 g/mol. The van der Waals surface area contributed by atoms with Gasteiger partial charge in [0.1, 0.15) is 5.76 Å². The van der Waals surface area contributed by atoms with E-state index in [0.29, 0.717) is 18.8 Å². The van der Waals surface area contributed by atoms with E-state index in [1.165, 1.54) is 10.4 Å². The van der Waals surface area contributed by atoms with Crippen LogP contribution >= 0.6 is 0 Å². The molecule has 0 fully saturated rings. The molecule has 0 amide bonds. The van der Waals surface area contributed by atoms with E-state index < -0.39 is 10.0 Å². The molecule has 0 radical (unpaired) electrons. The zero-order chi connectivity index (χ0) is 13.5. The van der Waals surface area contributed by atoms with Crippen LogP contribution in [0.1, 0.15) is 16.9 Å². The van der Waals surface area contributed by atoms with E-state index in [1.807, 2.05) is 24.3 Å². The van der Waals surface area contributed by atoms with Gasteiger partial charge in [0.2, 0.25) is 5.09 Å². The first kappa shape index (κ1) is 12.4. The van der Waals surface area contributed by atoms with Crippen molar-refractivity contribution in [2.45, 2.75) is 24.7 Å². The number of furan rings is 1. The number of sulfonamides is 1. The molecule has 0 saturated heterocycles. The summed E-state index contributed by atoms with van der Waals surface area (Å²) in [5, 5.41) is -0.0410. The summed E-state index contributed by atoms with van der Waals surface area (Å²) in [6.07, 6.45) is 0. The van der Waals surface area contributed by atoms with Gasteiger partial charge in [0, 0.05) is 13.1 Å². The van der Waals surface area contributed by atoms with Crippen molar-refractivity contribution in [2.75, 3.05) is 0 Å². The van der Waals surface area contributed by atoms with Gasteiger partial charge in [-0.15, -0.1) is 0 Å². The maximum Gasteiger partial charge on any atom is 0.277 e. The fourth-order valence-electron chi connectivity index (χ4n) is 2.21. The summed E-state index contributed by atoms with van der Waals surface area (Å²) in [5.74, 6) is 0.468. The SMILES string of the molecule is NCc1ccc(S(=O)(=O)N2Cc3ccccc3C2)o1. The molecule has 2 aromatic rings. The highest BCUT2D eigenvalue weighted by Gasteiger charge is 2.32. The largest absolute Gasteiger partial charge is 0.447 e. The number of nitrogens with zero attached hydrogens (tertiary/aromatic N) is 1. The van der Waals surface area contributed by atoms with E-state index in [-0.39, 0.29) is 11.6 Å². The number of rotatable bonds is 3. The predicted molar refractivity (Wildman–Crippen MR) is 69.5 cm³/mol. The molecule has 6 heteroatoms. The van der Waals surface area contributed by atoms with E-state index in [9.17, 15) is 8.42 Å². The van der Waals surface area contributed by atoms with Gasteiger partial charge in [-0.25, -0.2) is 8.42 Å². The number of hydrogen-bond acceptors (Lipinski definition) is 4. The van der Waals surface area contributed by atoms with Crippen molar-refractivity contribution in [1.29, 1.82) is 0 Å². The van der Waals surface area contributed by atoms with Crippen molar-refractivity contribution in [3.8, 4) is 0 Å². The Morgan fingerprint density at radius 3 is 2.26 bits per heavy atom. The number of nitrogens with two attached hydrogens (primary N) is 1. The molecule has 100 valence electrons. The molecule has 1 aliphatic rings. The van der Waals surface area contributed by atoms with Crippen LogP contribution in [0.25, 0.3) is 0 Å². The lowest BCUT2D eigenvalue weighted by Crippen LogP contribution is -2.25. The van der Waals surface area contributed by atoms with Crippen LogP contribution in [-0.4, -0.2) is 12.7 Å². The molecular weight excluding hydrogens is 264 g/mol. The van der Waals surface area contributed by atoms with Gasteiger partial charge in [0.05, 0.1) is 6.54 Å². The molecule has 0 spiro atoms. The van der Waals surface area contributed by atoms with Crippen LogP contribution in [0.2, 0.25) is 0 Å². The van der Waals surface area contributed by atoms with Crippen molar-refractivity contribution in [1.82, 2.24) is 4.31 Å². The molecular formula is C13H14N2O3S. The lowest BCUT2D eigenvalue weighted by Gasteiger charge is -2.13. The maximum absolute atomic E-state index is 12.4. The molecule has 0 saturated carbocycles. The third-order valence-electron chi connectivity index (χ3n) is 3.24. The van der Waals surface area contributed by atoms with E-state index in [0.717, 1.165) is 11.1 Å². The van der Waals surface area contributed by atoms with Crippen molar-refractivity contribution in [3.63, 3.8) is 0 Å². The van der Waals surface area contributed by atoms with Crippen LogP contribution in [0.3, 0.4) is 0 Å². The molecule has 0 bridgehead atoms. The van der Waals surface area contributed by atoms with E-state index >= 15 is 0 Å². The van der Waals surface area contributed by atoms with Crippen molar-refractivity contribution < 1.29 is 12.8 Å². The lowest BCUT2D eigenvalue weighted by atomic mass is 10.1. The maximum atomic E-state index is 12.4. The van der Waals surface area contributed by atoms with Crippen LogP contribution in [0.4, 0.5) is 0 Å².